The first-order chi connectivity index (χ1) is 10.1. The van der Waals surface area contributed by atoms with Gasteiger partial charge in [0.2, 0.25) is 0 Å². The molecule has 0 atom stereocenters. The van der Waals surface area contributed by atoms with Crippen LogP contribution in [-0.2, 0) is 19.0 Å². The number of alkyl halides is 5. The van der Waals surface area contributed by atoms with Gasteiger partial charge in [0, 0.05) is 23.3 Å². The van der Waals surface area contributed by atoms with Gasteiger partial charge in [-0.1, -0.05) is 11.6 Å². The molecule has 0 saturated heterocycles. The van der Waals surface area contributed by atoms with E-state index in [1.807, 2.05) is 0 Å². The Morgan fingerprint density at radius 1 is 1.14 bits per heavy atom. The van der Waals surface area contributed by atoms with E-state index >= 15 is 0 Å². The summed E-state index contributed by atoms with van der Waals surface area (Å²) in [6.07, 6.45) is -5.98. The normalized spacial score (nSPS) is 16.9. The highest BCUT2D eigenvalue weighted by Crippen LogP contribution is 2.44. The largest absolute Gasteiger partial charge is 0.418 e. The summed E-state index contributed by atoms with van der Waals surface area (Å²) in [6, 6.07) is 3.37. The van der Waals surface area contributed by atoms with Crippen molar-refractivity contribution < 1.29 is 26.3 Å². The summed E-state index contributed by atoms with van der Waals surface area (Å²) in [5.74, 6) is -4.15. The number of hydrogen-bond donors (Lipinski definition) is 0. The van der Waals surface area contributed by atoms with E-state index in [1.54, 1.807) is 0 Å². The van der Waals surface area contributed by atoms with E-state index in [4.69, 9.17) is 11.6 Å². The third-order valence-electron chi connectivity index (χ3n) is 3.56. The lowest BCUT2D eigenvalue weighted by atomic mass is 10.1. The second-order valence-electron chi connectivity index (χ2n) is 5.14. The smallest absolute Gasteiger partial charge is 0.317 e. The van der Waals surface area contributed by atoms with Crippen molar-refractivity contribution in [1.29, 1.82) is 0 Å². The average Bonchev–Trinajstić information content (AvgIpc) is 2.82. The van der Waals surface area contributed by atoms with Crippen LogP contribution in [-0.4, -0.2) is 10.5 Å². The monoisotopic (exact) mass is 339 g/mol. The van der Waals surface area contributed by atoms with E-state index in [0.29, 0.717) is 6.20 Å². The molecule has 0 bridgehead atoms. The third-order valence-corrected chi connectivity index (χ3v) is 3.79. The van der Waals surface area contributed by atoms with Crippen LogP contribution in [0.3, 0.4) is 0 Å². The number of halogens is 7. The SMILES string of the molecule is Fc1cc(Cl)ccc1-n1cc(C(F)(F)F)c2c1CC(F)(F)C2. The molecular weight excluding hydrogens is 332 g/mol. The Kier molecular flexibility index (Phi) is 3.25. The minimum absolute atomic E-state index is 0.0615. The Morgan fingerprint density at radius 2 is 1.82 bits per heavy atom. The van der Waals surface area contributed by atoms with Crippen molar-refractivity contribution in [1.82, 2.24) is 4.57 Å². The maximum absolute atomic E-state index is 13.9. The number of rotatable bonds is 1. The van der Waals surface area contributed by atoms with E-state index < -0.39 is 41.9 Å². The van der Waals surface area contributed by atoms with Crippen molar-refractivity contribution in [2.45, 2.75) is 24.9 Å². The first-order valence-corrected chi connectivity index (χ1v) is 6.60. The summed E-state index contributed by atoms with van der Waals surface area (Å²) in [6.45, 7) is 0. The first kappa shape index (κ1) is 15.3. The number of hydrogen-bond acceptors (Lipinski definition) is 0. The van der Waals surface area contributed by atoms with E-state index in [1.165, 1.54) is 6.07 Å². The highest BCUT2D eigenvalue weighted by atomic mass is 35.5. The van der Waals surface area contributed by atoms with E-state index in [2.05, 4.69) is 0 Å². The molecule has 1 aromatic carbocycles. The molecule has 1 nitrogen and oxygen atoms in total. The second-order valence-corrected chi connectivity index (χ2v) is 5.58. The quantitative estimate of drug-likeness (QED) is 0.643. The van der Waals surface area contributed by atoms with Gasteiger partial charge in [0.05, 0.1) is 17.7 Å². The molecule has 1 aromatic heterocycles. The molecule has 0 aliphatic heterocycles. The van der Waals surface area contributed by atoms with Crippen LogP contribution in [0, 0.1) is 5.82 Å². The van der Waals surface area contributed by atoms with Gasteiger partial charge >= 0.3 is 6.18 Å². The Bertz CT molecular complexity index is 747. The Hall–Kier alpha value is -1.63. The van der Waals surface area contributed by atoms with Crippen LogP contribution in [0.5, 0.6) is 0 Å². The van der Waals surface area contributed by atoms with Crippen molar-refractivity contribution in [3.63, 3.8) is 0 Å². The van der Waals surface area contributed by atoms with E-state index in [-0.39, 0.29) is 16.4 Å². The predicted molar refractivity (Wildman–Crippen MR) is 68.1 cm³/mol. The highest BCUT2D eigenvalue weighted by molar-refractivity contribution is 6.30. The van der Waals surface area contributed by atoms with Crippen molar-refractivity contribution in [3.8, 4) is 5.69 Å². The summed E-state index contributed by atoms with van der Waals surface area (Å²) >= 11 is 5.60. The molecule has 3 rings (SSSR count). The first-order valence-electron chi connectivity index (χ1n) is 6.22. The van der Waals surface area contributed by atoms with Gasteiger partial charge in [-0.3, -0.25) is 0 Å². The Morgan fingerprint density at radius 3 is 2.41 bits per heavy atom. The molecule has 1 aliphatic carbocycles. The summed E-state index contributed by atoms with van der Waals surface area (Å²) in [5, 5.41) is 0.0615. The maximum atomic E-state index is 13.9. The average molecular weight is 340 g/mol. The van der Waals surface area contributed by atoms with E-state index in [0.717, 1.165) is 16.7 Å². The number of benzene rings is 1. The maximum Gasteiger partial charge on any atom is 0.418 e. The molecule has 0 spiro atoms. The summed E-state index contributed by atoms with van der Waals surface area (Å²) in [4.78, 5) is 0. The van der Waals surface area contributed by atoms with Crippen LogP contribution in [0.25, 0.3) is 5.69 Å². The number of nitrogens with zero attached hydrogens (tertiary/aromatic N) is 1. The van der Waals surface area contributed by atoms with Crippen LogP contribution < -0.4 is 0 Å². The molecule has 0 radical (unpaired) electrons. The van der Waals surface area contributed by atoms with Gasteiger partial charge in [-0.2, -0.15) is 13.2 Å². The van der Waals surface area contributed by atoms with Gasteiger partial charge in [0.15, 0.2) is 0 Å². The molecule has 8 heteroatoms. The molecule has 0 unspecified atom stereocenters. The van der Waals surface area contributed by atoms with Crippen LogP contribution in [0.1, 0.15) is 16.8 Å². The minimum atomic E-state index is -4.78. The van der Waals surface area contributed by atoms with Gasteiger partial charge in [-0.05, 0) is 23.8 Å². The van der Waals surface area contributed by atoms with Gasteiger partial charge < -0.3 is 4.57 Å². The minimum Gasteiger partial charge on any atom is -0.317 e. The van der Waals surface area contributed by atoms with Crippen molar-refractivity contribution in [2.24, 2.45) is 0 Å². The van der Waals surface area contributed by atoms with Crippen molar-refractivity contribution >= 4 is 11.6 Å². The van der Waals surface area contributed by atoms with Gasteiger partial charge in [0.1, 0.15) is 5.82 Å². The fourth-order valence-corrected chi connectivity index (χ4v) is 2.84. The van der Waals surface area contributed by atoms with Crippen molar-refractivity contribution in [3.05, 3.63) is 52.1 Å². The van der Waals surface area contributed by atoms with Crippen LogP contribution in [0.15, 0.2) is 24.4 Å². The molecule has 0 fully saturated rings. The zero-order valence-corrected chi connectivity index (χ0v) is 11.6. The lowest BCUT2D eigenvalue weighted by molar-refractivity contribution is -0.138. The fourth-order valence-electron chi connectivity index (χ4n) is 2.68. The predicted octanol–water partition coefficient (Wildman–Crippen LogP) is 5.02. The molecule has 0 N–H and O–H groups in total. The van der Waals surface area contributed by atoms with Crippen molar-refractivity contribution in [2.75, 3.05) is 0 Å². The lowest BCUT2D eigenvalue weighted by Crippen LogP contribution is -2.18. The third kappa shape index (κ3) is 2.47. The molecule has 1 aliphatic rings. The van der Waals surface area contributed by atoms with Crippen LogP contribution in [0.2, 0.25) is 5.02 Å². The molecule has 2 aromatic rings. The van der Waals surface area contributed by atoms with E-state index in [9.17, 15) is 26.3 Å². The van der Waals surface area contributed by atoms with Crippen LogP contribution >= 0.6 is 11.6 Å². The Labute approximate surface area is 126 Å². The van der Waals surface area contributed by atoms with Crippen LogP contribution in [0.4, 0.5) is 26.3 Å². The zero-order chi connectivity index (χ0) is 16.3. The molecule has 0 amide bonds. The Balaban J connectivity index is 2.22. The van der Waals surface area contributed by atoms with Gasteiger partial charge in [-0.25, -0.2) is 13.2 Å². The molecule has 22 heavy (non-hydrogen) atoms. The number of fused-ring (bicyclic) bond motifs is 1. The molecule has 118 valence electrons. The number of aromatic nitrogens is 1. The molecule has 1 heterocycles. The summed E-state index contributed by atoms with van der Waals surface area (Å²) < 4.78 is 80.8. The fraction of sp³-hybridized carbons (Fsp3) is 0.286. The summed E-state index contributed by atoms with van der Waals surface area (Å²) in [7, 11) is 0. The van der Waals surface area contributed by atoms with Gasteiger partial charge in [0.25, 0.3) is 5.92 Å². The molecular formula is C14H8ClF6N. The highest BCUT2D eigenvalue weighted by Gasteiger charge is 2.47. The molecule has 0 saturated carbocycles. The van der Waals surface area contributed by atoms with Gasteiger partial charge in [-0.15, -0.1) is 0 Å². The second kappa shape index (κ2) is 4.68. The lowest BCUT2D eigenvalue weighted by Gasteiger charge is -2.12. The zero-order valence-electron chi connectivity index (χ0n) is 10.8. The topological polar surface area (TPSA) is 4.93 Å². The summed E-state index contributed by atoms with van der Waals surface area (Å²) in [5.41, 5.74) is -2.10. The standard InChI is InChI=1S/C14H8ClF6N/c15-7-1-2-11(10(16)3-7)22-6-9(14(19,20)21)8-4-13(17,18)5-12(8)22/h1-3,6H,4-5H2.